The second-order valence-electron chi connectivity index (χ2n) is 7.45. The Morgan fingerprint density at radius 1 is 0.676 bits per heavy atom. The van der Waals surface area contributed by atoms with Crippen molar-refractivity contribution in [1.29, 1.82) is 0 Å². The third-order valence-corrected chi connectivity index (χ3v) is 4.92. The van der Waals surface area contributed by atoms with Gasteiger partial charge in [0.2, 0.25) is 0 Å². The lowest BCUT2D eigenvalue weighted by Gasteiger charge is -2.00. The fourth-order valence-electron chi connectivity index (χ4n) is 3.32. The summed E-state index contributed by atoms with van der Waals surface area (Å²) in [7, 11) is 0. The minimum absolute atomic E-state index is 0.0432. The Morgan fingerprint density at radius 3 is 1.47 bits per heavy atom. The predicted octanol–water partition coefficient (Wildman–Crippen LogP) is 6.09. The van der Waals surface area contributed by atoms with Crippen LogP contribution in [0.3, 0.4) is 0 Å². The monoisotopic (exact) mass is 458 g/mol. The smallest absolute Gasteiger partial charge is 0.280 e. The third kappa shape index (κ3) is 4.80. The van der Waals surface area contributed by atoms with Gasteiger partial charge in [-0.1, -0.05) is 12.1 Å². The quantitative estimate of drug-likeness (QED) is 0.186. The molecule has 10 nitrogen and oxygen atoms in total. The Balaban J connectivity index is 1.48. The molecular formula is C24H18N4O6. The zero-order chi connectivity index (χ0) is 24.2. The molecule has 0 spiro atoms. The van der Waals surface area contributed by atoms with Crippen LogP contribution in [-0.2, 0) is 0 Å². The van der Waals surface area contributed by atoms with Gasteiger partial charge in [-0.05, 0) is 61.4 Å². The number of nitro groups is 2. The van der Waals surface area contributed by atoms with Crippen LogP contribution < -0.4 is 0 Å². The summed E-state index contributed by atoms with van der Waals surface area (Å²) in [5.74, 6) is 1.40. The highest BCUT2D eigenvalue weighted by Gasteiger charge is 2.19. The van der Waals surface area contributed by atoms with Crippen LogP contribution in [0.1, 0.15) is 22.6 Å². The minimum Gasteiger partial charge on any atom is -0.455 e. The van der Waals surface area contributed by atoms with Crippen LogP contribution in [0.25, 0.3) is 22.6 Å². The standard InChI is InChI=1S/C24H18N4O6/c1-15-3-7-19(21(11-15)27(29)30)23-9-5-17(33-23)13-25-26-14-18-6-10-24(34-18)20-8-4-16(2)12-22(20)28(31)32/h3-14H,1-2H3/b25-13+,26-14+. The van der Waals surface area contributed by atoms with E-state index in [9.17, 15) is 20.2 Å². The van der Waals surface area contributed by atoms with Gasteiger partial charge in [-0.2, -0.15) is 10.2 Å². The molecule has 0 fully saturated rings. The number of benzene rings is 2. The Morgan fingerprint density at radius 2 is 1.09 bits per heavy atom. The van der Waals surface area contributed by atoms with Gasteiger partial charge in [0.15, 0.2) is 0 Å². The Kier molecular flexibility index (Phi) is 6.13. The molecule has 0 unspecified atom stereocenters. The molecule has 0 aliphatic rings. The number of aryl methyl sites for hydroxylation is 2. The summed E-state index contributed by atoms with van der Waals surface area (Å²) in [5, 5.41) is 30.5. The van der Waals surface area contributed by atoms with E-state index in [-0.39, 0.29) is 11.4 Å². The Labute approximate surface area is 193 Å². The first-order valence-corrected chi connectivity index (χ1v) is 10.1. The van der Waals surface area contributed by atoms with Gasteiger partial charge in [0.05, 0.1) is 33.4 Å². The lowest BCUT2D eigenvalue weighted by molar-refractivity contribution is -0.384. The van der Waals surface area contributed by atoms with Crippen molar-refractivity contribution in [3.63, 3.8) is 0 Å². The van der Waals surface area contributed by atoms with E-state index in [1.165, 1.54) is 24.6 Å². The van der Waals surface area contributed by atoms with Gasteiger partial charge < -0.3 is 8.83 Å². The second kappa shape index (κ2) is 9.33. The van der Waals surface area contributed by atoms with Crippen molar-refractivity contribution in [3.8, 4) is 22.6 Å². The molecule has 2 aromatic carbocycles. The summed E-state index contributed by atoms with van der Waals surface area (Å²) in [4.78, 5) is 21.8. The van der Waals surface area contributed by atoms with Gasteiger partial charge in [0.25, 0.3) is 11.4 Å². The molecule has 0 N–H and O–H groups in total. The van der Waals surface area contributed by atoms with Crippen LogP contribution in [0.15, 0.2) is 79.7 Å². The maximum atomic E-state index is 11.3. The van der Waals surface area contributed by atoms with Crippen molar-refractivity contribution in [2.45, 2.75) is 13.8 Å². The van der Waals surface area contributed by atoms with E-state index in [4.69, 9.17) is 8.83 Å². The fraction of sp³-hybridized carbons (Fsp3) is 0.0833. The molecule has 0 amide bonds. The predicted molar refractivity (Wildman–Crippen MR) is 126 cm³/mol. The Bertz CT molecular complexity index is 1340. The number of hydrogen-bond donors (Lipinski definition) is 0. The molecule has 0 aliphatic heterocycles. The van der Waals surface area contributed by atoms with Crippen LogP contribution in [0, 0.1) is 34.1 Å². The van der Waals surface area contributed by atoms with E-state index in [0.717, 1.165) is 11.1 Å². The van der Waals surface area contributed by atoms with Crippen LogP contribution in [0.4, 0.5) is 11.4 Å². The summed E-state index contributed by atoms with van der Waals surface area (Å²) < 4.78 is 11.3. The summed E-state index contributed by atoms with van der Waals surface area (Å²) in [6, 6.07) is 16.3. The van der Waals surface area contributed by atoms with Crippen molar-refractivity contribution < 1.29 is 18.7 Å². The highest BCUT2D eigenvalue weighted by atomic mass is 16.6. The van der Waals surface area contributed by atoms with Crippen molar-refractivity contribution in [1.82, 2.24) is 0 Å². The third-order valence-electron chi connectivity index (χ3n) is 4.92. The molecule has 4 rings (SSSR count). The zero-order valence-electron chi connectivity index (χ0n) is 18.2. The maximum absolute atomic E-state index is 11.3. The minimum atomic E-state index is -0.453. The number of hydrogen-bond acceptors (Lipinski definition) is 8. The van der Waals surface area contributed by atoms with Crippen molar-refractivity contribution in [3.05, 3.63) is 104 Å². The van der Waals surface area contributed by atoms with E-state index in [2.05, 4.69) is 10.2 Å². The van der Waals surface area contributed by atoms with E-state index in [0.29, 0.717) is 34.2 Å². The second-order valence-corrected chi connectivity index (χ2v) is 7.45. The van der Waals surface area contributed by atoms with Gasteiger partial charge in [-0.15, -0.1) is 0 Å². The average molecular weight is 458 g/mol. The number of nitro benzene ring substituents is 2. The van der Waals surface area contributed by atoms with Crippen LogP contribution in [0.2, 0.25) is 0 Å². The number of rotatable bonds is 7. The molecule has 2 aromatic heterocycles. The summed E-state index contributed by atoms with van der Waals surface area (Å²) in [6.07, 6.45) is 2.71. The molecule has 0 aliphatic carbocycles. The highest BCUT2D eigenvalue weighted by Crippen LogP contribution is 2.33. The van der Waals surface area contributed by atoms with E-state index in [1.807, 2.05) is 0 Å². The molecule has 0 saturated carbocycles. The Hall–Kier alpha value is -4.86. The molecule has 2 heterocycles. The average Bonchev–Trinajstić information content (AvgIpc) is 3.46. The number of nitrogens with zero attached hydrogens (tertiary/aromatic N) is 4. The highest BCUT2D eigenvalue weighted by molar-refractivity contribution is 5.81. The molecule has 0 radical (unpaired) electrons. The van der Waals surface area contributed by atoms with Crippen LogP contribution in [-0.4, -0.2) is 22.3 Å². The lowest BCUT2D eigenvalue weighted by Crippen LogP contribution is -1.92. The van der Waals surface area contributed by atoms with Gasteiger partial charge >= 0.3 is 0 Å². The zero-order valence-corrected chi connectivity index (χ0v) is 18.2. The SMILES string of the molecule is Cc1ccc(-c2ccc(/C=N/N=C/c3ccc(-c4ccc(C)cc4[N+](=O)[O-])o3)o2)c([N+](=O)[O-])c1. The van der Waals surface area contributed by atoms with Crippen LogP contribution >= 0.6 is 0 Å². The lowest BCUT2D eigenvalue weighted by atomic mass is 10.1. The first kappa shape index (κ1) is 22.3. The van der Waals surface area contributed by atoms with E-state index >= 15 is 0 Å². The summed E-state index contributed by atoms with van der Waals surface area (Å²) >= 11 is 0. The van der Waals surface area contributed by atoms with Crippen molar-refractivity contribution in [2.75, 3.05) is 0 Å². The van der Waals surface area contributed by atoms with Crippen LogP contribution in [0.5, 0.6) is 0 Å². The summed E-state index contributed by atoms with van der Waals surface area (Å²) in [6.45, 7) is 3.55. The van der Waals surface area contributed by atoms with Crippen molar-refractivity contribution in [2.24, 2.45) is 10.2 Å². The van der Waals surface area contributed by atoms with E-state index in [1.54, 1.807) is 62.4 Å². The van der Waals surface area contributed by atoms with Gasteiger partial charge in [0, 0.05) is 12.1 Å². The fourth-order valence-corrected chi connectivity index (χ4v) is 3.32. The number of furan rings is 2. The topological polar surface area (TPSA) is 137 Å². The van der Waals surface area contributed by atoms with Gasteiger partial charge in [-0.3, -0.25) is 20.2 Å². The molecular weight excluding hydrogens is 440 g/mol. The van der Waals surface area contributed by atoms with E-state index < -0.39 is 9.85 Å². The molecule has 10 heteroatoms. The largest absolute Gasteiger partial charge is 0.455 e. The molecule has 4 aromatic rings. The molecule has 0 bridgehead atoms. The molecule has 170 valence electrons. The first-order chi connectivity index (χ1) is 16.3. The summed E-state index contributed by atoms with van der Waals surface area (Å²) in [5.41, 5.74) is 2.20. The molecule has 0 atom stereocenters. The van der Waals surface area contributed by atoms with Crippen molar-refractivity contribution >= 4 is 23.8 Å². The normalized spacial score (nSPS) is 11.5. The van der Waals surface area contributed by atoms with Gasteiger partial charge in [0.1, 0.15) is 23.0 Å². The molecule has 34 heavy (non-hydrogen) atoms. The van der Waals surface area contributed by atoms with Gasteiger partial charge in [-0.25, -0.2) is 0 Å². The molecule has 0 saturated heterocycles. The first-order valence-electron chi connectivity index (χ1n) is 10.1. The maximum Gasteiger partial charge on any atom is 0.280 e.